The van der Waals surface area contributed by atoms with Crippen molar-refractivity contribution in [3.8, 4) is 0 Å². The van der Waals surface area contributed by atoms with E-state index in [-0.39, 0.29) is 17.9 Å². The molecule has 0 aliphatic heterocycles. The summed E-state index contributed by atoms with van der Waals surface area (Å²) < 4.78 is 28.2. The standard InChI is InChI=1S/C10H21Cl2O4P/c1-5-8(2)14-17(13,15-9(3)6-11)16-10(4)7-12/h8-10H,5-7H2,1-4H3. The summed E-state index contributed by atoms with van der Waals surface area (Å²) in [7, 11) is -3.61. The van der Waals surface area contributed by atoms with Crippen LogP contribution in [0.15, 0.2) is 0 Å². The summed E-state index contributed by atoms with van der Waals surface area (Å²) in [4.78, 5) is 0. The molecule has 7 heteroatoms. The lowest BCUT2D eigenvalue weighted by Crippen LogP contribution is -2.18. The van der Waals surface area contributed by atoms with Crippen molar-refractivity contribution >= 4 is 31.0 Å². The zero-order valence-electron chi connectivity index (χ0n) is 10.7. The predicted octanol–water partition coefficient (Wildman–Crippen LogP) is 4.20. The SMILES string of the molecule is CCC(C)OP(=O)(OC(C)CCl)OC(C)CCl. The Morgan fingerprint density at radius 3 is 1.59 bits per heavy atom. The normalized spacial score (nSPS) is 20.6. The summed E-state index contributed by atoms with van der Waals surface area (Å²) in [5.74, 6) is 0.430. The van der Waals surface area contributed by atoms with Gasteiger partial charge in [0.05, 0.1) is 18.3 Å². The molecule has 0 N–H and O–H groups in total. The highest BCUT2D eigenvalue weighted by molar-refractivity contribution is 7.48. The van der Waals surface area contributed by atoms with Crippen LogP contribution < -0.4 is 0 Å². The Morgan fingerprint density at radius 1 is 0.941 bits per heavy atom. The molecule has 0 saturated carbocycles. The van der Waals surface area contributed by atoms with Gasteiger partial charge in [-0.3, -0.25) is 13.6 Å². The molecule has 4 nitrogen and oxygen atoms in total. The van der Waals surface area contributed by atoms with Crippen LogP contribution in [-0.4, -0.2) is 30.1 Å². The van der Waals surface area contributed by atoms with Crippen molar-refractivity contribution in [3.05, 3.63) is 0 Å². The van der Waals surface area contributed by atoms with E-state index < -0.39 is 20.0 Å². The zero-order valence-corrected chi connectivity index (χ0v) is 13.1. The first-order valence-electron chi connectivity index (χ1n) is 5.64. The van der Waals surface area contributed by atoms with Crippen molar-refractivity contribution in [3.63, 3.8) is 0 Å². The second-order valence-corrected chi connectivity index (χ2v) is 6.06. The maximum atomic E-state index is 12.3. The largest absolute Gasteiger partial charge is 0.475 e. The van der Waals surface area contributed by atoms with Crippen molar-refractivity contribution in [2.75, 3.05) is 11.8 Å². The number of hydrogen-bond donors (Lipinski definition) is 0. The van der Waals surface area contributed by atoms with Gasteiger partial charge in [0, 0.05) is 11.8 Å². The maximum absolute atomic E-state index is 12.3. The number of phosphoric ester groups is 1. The molecule has 0 aliphatic carbocycles. The van der Waals surface area contributed by atoms with Gasteiger partial charge in [0.1, 0.15) is 0 Å². The van der Waals surface area contributed by atoms with Crippen LogP contribution in [0.25, 0.3) is 0 Å². The molecule has 3 atom stereocenters. The van der Waals surface area contributed by atoms with Gasteiger partial charge in [-0.2, -0.15) is 0 Å². The van der Waals surface area contributed by atoms with E-state index in [9.17, 15) is 4.57 Å². The van der Waals surface area contributed by atoms with Gasteiger partial charge in [0.15, 0.2) is 0 Å². The average Bonchev–Trinajstić information content (AvgIpc) is 2.27. The van der Waals surface area contributed by atoms with E-state index in [1.165, 1.54) is 0 Å². The minimum atomic E-state index is -3.61. The molecule has 0 bridgehead atoms. The number of alkyl halides is 2. The molecule has 0 rings (SSSR count). The van der Waals surface area contributed by atoms with Gasteiger partial charge in [-0.15, -0.1) is 23.2 Å². The molecule has 3 unspecified atom stereocenters. The molecular weight excluding hydrogens is 286 g/mol. The number of halogens is 2. The Balaban J connectivity index is 4.62. The fraction of sp³-hybridized carbons (Fsp3) is 1.00. The Kier molecular flexibility index (Phi) is 9.09. The average molecular weight is 307 g/mol. The van der Waals surface area contributed by atoms with Crippen LogP contribution in [0.5, 0.6) is 0 Å². The maximum Gasteiger partial charge on any atom is 0.475 e. The van der Waals surface area contributed by atoms with Crippen molar-refractivity contribution < 1.29 is 18.1 Å². The third-order valence-electron chi connectivity index (χ3n) is 1.94. The van der Waals surface area contributed by atoms with Crippen LogP contribution in [0, 0.1) is 0 Å². The highest BCUT2D eigenvalue weighted by Crippen LogP contribution is 2.53. The Labute approximate surface area is 114 Å². The molecule has 0 fully saturated rings. The topological polar surface area (TPSA) is 44.8 Å². The van der Waals surface area contributed by atoms with Crippen LogP contribution in [0.2, 0.25) is 0 Å². The first-order chi connectivity index (χ1) is 7.86. The molecule has 0 radical (unpaired) electrons. The molecule has 17 heavy (non-hydrogen) atoms. The molecule has 0 amide bonds. The van der Waals surface area contributed by atoms with Gasteiger partial charge in [0.25, 0.3) is 0 Å². The molecule has 104 valence electrons. The monoisotopic (exact) mass is 306 g/mol. The van der Waals surface area contributed by atoms with E-state index in [1.54, 1.807) is 20.8 Å². The summed E-state index contributed by atoms with van der Waals surface area (Å²) in [6.07, 6.45) is -0.324. The van der Waals surface area contributed by atoms with E-state index in [2.05, 4.69) is 0 Å². The van der Waals surface area contributed by atoms with Crippen molar-refractivity contribution in [2.24, 2.45) is 0 Å². The molecular formula is C10H21Cl2O4P. The molecule has 0 aromatic carbocycles. The van der Waals surface area contributed by atoms with Gasteiger partial charge < -0.3 is 0 Å². The molecule has 0 saturated heterocycles. The van der Waals surface area contributed by atoms with E-state index in [4.69, 9.17) is 36.8 Å². The van der Waals surface area contributed by atoms with Crippen LogP contribution in [-0.2, 0) is 18.1 Å². The lowest BCUT2D eigenvalue weighted by Gasteiger charge is -2.25. The fourth-order valence-electron chi connectivity index (χ4n) is 0.867. The Morgan fingerprint density at radius 2 is 1.29 bits per heavy atom. The summed E-state index contributed by atoms with van der Waals surface area (Å²) in [5, 5.41) is 0. The van der Waals surface area contributed by atoms with E-state index in [1.807, 2.05) is 6.92 Å². The molecule has 0 aliphatic rings. The van der Waals surface area contributed by atoms with Gasteiger partial charge >= 0.3 is 7.82 Å². The van der Waals surface area contributed by atoms with E-state index >= 15 is 0 Å². The van der Waals surface area contributed by atoms with E-state index in [0.717, 1.165) is 0 Å². The summed E-state index contributed by atoms with van der Waals surface area (Å²) in [6.45, 7) is 7.13. The quantitative estimate of drug-likeness (QED) is 0.473. The molecule has 0 aromatic rings. The Hall–Kier alpha value is 0.690. The highest BCUT2D eigenvalue weighted by atomic mass is 35.5. The molecule has 0 aromatic heterocycles. The Bertz CT molecular complexity index is 214. The molecule has 0 heterocycles. The van der Waals surface area contributed by atoms with Gasteiger partial charge in [-0.05, 0) is 27.2 Å². The number of phosphoric acid groups is 1. The summed E-state index contributed by atoms with van der Waals surface area (Å²) in [6, 6.07) is 0. The van der Waals surface area contributed by atoms with Crippen molar-refractivity contribution in [2.45, 2.75) is 52.4 Å². The third-order valence-corrected chi connectivity index (χ3v) is 4.66. The van der Waals surface area contributed by atoms with Crippen molar-refractivity contribution in [1.29, 1.82) is 0 Å². The van der Waals surface area contributed by atoms with Crippen LogP contribution in [0.1, 0.15) is 34.1 Å². The lowest BCUT2D eigenvalue weighted by atomic mass is 10.3. The van der Waals surface area contributed by atoms with Crippen molar-refractivity contribution in [1.82, 2.24) is 0 Å². The summed E-state index contributed by atoms with van der Waals surface area (Å²) in [5.41, 5.74) is 0. The lowest BCUT2D eigenvalue weighted by molar-refractivity contribution is 0.0521. The predicted molar refractivity (Wildman–Crippen MR) is 71.0 cm³/mol. The number of hydrogen-bond acceptors (Lipinski definition) is 4. The van der Waals surface area contributed by atoms with E-state index in [0.29, 0.717) is 6.42 Å². The highest BCUT2D eigenvalue weighted by Gasteiger charge is 2.33. The number of rotatable bonds is 9. The minimum Gasteiger partial charge on any atom is -0.284 e. The van der Waals surface area contributed by atoms with Gasteiger partial charge in [0.2, 0.25) is 0 Å². The smallest absolute Gasteiger partial charge is 0.284 e. The van der Waals surface area contributed by atoms with Gasteiger partial charge in [-0.1, -0.05) is 6.92 Å². The van der Waals surface area contributed by atoms with Crippen LogP contribution >= 0.6 is 31.0 Å². The first kappa shape index (κ1) is 17.7. The van der Waals surface area contributed by atoms with Crippen LogP contribution in [0.3, 0.4) is 0 Å². The fourth-order valence-corrected chi connectivity index (χ4v) is 2.94. The third kappa shape index (κ3) is 7.66. The second-order valence-electron chi connectivity index (χ2n) is 3.91. The van der Waals surface area contributed by atoms with Gasteiger partial charge in [-0.25, -0.2) is 4.57 Å². The first-order valence-corrected chi connectivity index (χ1v) is 8.17. The second kappa shape index (κ2) is 8.73. The molecule has 0 spiro atoms. The minimum absolute atomic E-state index is 0.215. The zero-order chi connectivity index (χ0) is 13.5. The van der Waals surface area contributed by atoms with Crippen LogP contribution in [0.4, 0.5) is 0 Å². The summed E-state index contributed by atoms with van der Waals surface area (Å²) >= 11 is 11.2.